The Kier molecular flexibility index (Phi) is 4.42. The highest BCUT2D eigenvalue weighted by atomic mass is 19.1. The predicted molar refractivity (Wildman–Crippen MR) is 76.0 cm³/mol. The summed E-state index contributed by atoms with van der Waals surface area (Å²) in [6.07, 6.45) is 0. The van der Waals surface area contributed by atoms with Crippen LogP contribution in [-0.2, 0) is 11.3 Å². The van der Waals surface area contributed by atoms with Crippen molar-refractivity contribution < 1.29 is 9.13 Å². The molecule has 1 fully saturated rings. The van der Waals surface area contributed by atoms with Crippen molar-refractivity contribution in [1.29, 1.82) is 0 Å². The van der Waals surface area contributed by atoms with E-state index in [0.29, 0.717) is 13.2 Å². The maximum Gasteiger partial charge on any atom is 0.123 e. The first-order chi connectivity index (χ1) is 9.04. The van der Waals surface area contributed by atoms with Crippen LogP contribution in [0, 0.1) is 5.82 Å². The van der Waals surface area contributed by atoms with Crippen LogP contribution >= 0.6 is 0 Å². The second-order valence-corrected chi connectivity index (χ2v) is 5.57. The first-order valence-corrected chi connectivity index (χ1v) is 6.89. The molecule has 1 aromatic carbocycles. The number of benzene rings is 1. The van der Waals surface area contributed by atoms with Gasteiger partial charge in [-0.15, -0.1) is 0 Å². The lowest BCUT2D eigenvalue weighted by molar-refractivity contribution is 0.0643. The van der Waals surface area contributed by atoms with Crippen LogP contribution in [0.15, 0.2) is 18.2 Å². The number of hydrogen-bond donors (Lipinski definition) is 1. The van der Waals surface area contributed by atoms with E-state index in [1.54, 1.807) is 6.07 Å². The summed E-state index contributed by atoms with van der Waals surface area (Å²) in [5, 5.41) is 3.27. The Morgan fingerprint density at radius 2 is 2.21 bits per heavy atom. The quantitative estimate of drug-likeness (QED) is 0.906. The zero-order valence-corrected chi connectivity index (χ0v) is 12.0. The van der Waals surface area contributed by atoms with Crippen molar-refractivity contribution in [2.45, 2.75) is 32.9 Å². The molecule has 0 spiro atoms. The second-order valence-electron chi connectivity index (χ2n) is 5.57. The topological polar surface area (TPSA) is 24.5 Å². The van der Waals surface area contributed by atoms with Gasteiger partial charge in [-0.25, -0.2) is 4.39 Å². The zero-order chi connectivity index (χ0) is 13.9. The van der Waals surface area contributed by atoms with Crippen molar-refractivity contribution in [3.05, 3.63) is 29.6 Å². The van der Waals surface area contributed by atoms with Gasteiger partial charge < -0.3 is 15.0 Å². The van der Waals surface area contributed by atoms with Crippen LogP contribution in [0.5, 0.6) is 0 Å². The van der Waals surface area contributed by atoms with Crippen molar-refractivity contribution in [3.8, 4) is 0 Å². The monoisotopic (exact) mass is 266 g/mol. The molecule has 0 unspecified atom stereocenters. The number of hydrogen-bond acceptors (Lipinski definition) is 3. The molecule has 1 aromatic rings. The Labute approximate surface area is 114 Å². The van der Waals surface area contributed by atoms with Crippen molar-refractivity contribution >= 4 is 5.69 Å². The van der Waals surface area contributed by atoms with Gasteiger partial charge in [0.2, 0.25) is 0 Å². The highest BCUT2D eigenvalue weighted by Crippen LogP contribution is 2.30. The summed E-state index contributed by atoms with van der Waals surface area (Å²) in [4.78, 5) is 2.32. The molecule has 0 saturated carbocycles. The van der Waals surface area contributed by atoms with Gasteiger partial charge in [-0.05, 0) is 44.2 Å². The van der Waals surface area contributed by atoms with E-state index in [-0.39, 0.29) is 11.4 Å². The summed E-state index contributed by atoms with van der Waals surface area (Å²) in [5.74, 6) is -0.178. The first kappa shape index (κ1) is 14.3. The van der Waals surface area contributed by atoms with Gasteiger partial charge in [-0.3, -0.25) is 0 Å². The van der Waals surface area contributed by atoms with Gasteiger partial charge in [-0.1, -0.05) is 6.92 Å². The third-order valence-electron chi connectivity index (χ3n) is 3.54. The average molecular weight is 266 g/mol. The Balaban J connectivity index is 2.31. The minimum absolute atomic E-state index is 0.0585. The minimum atomic E-state index is -0.178. The number of nitrogens with zero attached hydrogens (tertiary/aromatic N) is 1. The molecule has 106 valence electrons. The number of halogens is 1. The van der Waals surface area contributed by atoms with E-state index in [1.165, 1.54) is 6.07 Å². The van der Waals surface area contributed by atoms with Gasteiger partial charge in [0, 0.05) is 18.8 Å². The summed E-state index contributed by atoms with van der Waals surface area (Å²) < 4.78 is 19.0. The van der Waals surface area contributed by atoms with Gasteiger partial charge in [0.15, 0.2) is 0 Å². The molecule has 1 N–H and O–H groups in total. The van der Waals surface area contributed by atoms with E-state index in [4.69, 9.17) is 4.74 Å². The van der Waals surface area contributed by atoms with E-state index in [1.807, 2.05) is 6.07 Å². The third-order valence-corrected chi connectivity index (χ3v) is 3.54. The summed E-state index contributed by atoms with van der Waals surface area (Å²) in [6.45, 7) is 10.2. The number of anilines is 1. The molecule has 1 aliphatic heterocycles. The van der Waals surface area contributed by atoms with Gasteiger partial charge in [-0.2, -0.15) is 0 Å². The zero-order valence-electron chi connectivity index (χ0n) is 12.0. The van der Waals surface area contributed by atoms with Crippen molar-refractivity contribution in [1.82, 2.24) is 5.32 Å². The summed E-state index contributed by atoms with van der Waals surface area (Å²) in [7, 11) is 0. The summed E-state index contributed by atoms with van der Waals surface area (Å²) >= 11 is 0. The highest BCUT2D eigenvalue weighted by molar-refractivity contribution is 5.56. The van der Waals surface area contributed by atoms with Crippen LogP contribution in [0.2, 0.25) is 0 Å². The molecule has 4 heteroatoms. The number of rotatable bonds is 4. The maximum atomic E-state index is 13.5. The molecular weight excluding hydrogens is 243 g/mol. The Bertz CT molecular complexity index is 434. The molecule has 3 nitrogen and oxygen atoms in total. The van der Waals surface area contributed by atoms with E-state index in [2.05, 4.69) is 31.0 Å². The van der Waals surface area contributed by atoms with Crippen LogP contribution in [-0.4, -0.2) is 31.8 Å². The lowest BCUT2D eigenvalue weighted by Gasteiger charge is -2.44. The van der Waals surface area contributed by atoms with Crippen molar-refractivity contribution in [3.63, 3.8) is 0 Å². The molecule has 0 aliphatic carbocycles. The molecule has 0 atom stereocenters. The van der Waals surface area contributed by atoms with Gasteiger partial charge >= 0.3 is 0 Å². The normalized spacial score (nSPS) is 18.6. The molecule has 19 heavy (non-hydrogen) atoms. The fourth-order valence-electron chi connectivity index (χ4n) is 2.52. The number of ether oxygens (including phenoxy) is 1. The SMILES string of the molecule is CCNCc1cc(F)ccc1N1CCOCC1(C)C. The lowest BCUT2D eigenvalue weighted by Crippen LogP contribution is -2.53. The second kappa shape index (κ2) is 5.88. The molecule has 1 heterocycles. The van der Waals surface area contributed by atoms with Crippen LogP contribution in [0.25, 0.3) is 0 Å². The van der Waals surface area contributed by atoms with Crippen LogP contribution in [0.3, 0.4) is 0 Å². The summed E-state index contributed by atoms with van der Waals surface area (Å²) in [5.41, 5.74) is 2.06. The number of nitrogens with one attached hydrogen (secondary N) is 1. The largest absolute Gasteiger partial charge is 0.377 e. The van der Waals surface area contributed by atoms with E-state index in [9.17, 15) is 4.39 Å². The van der Waals surface area contributed by atoms with E-state index >= 15 is 0 Å². The van der Waals surface area contributed by atoms with Crippen molar-refractivity contribution in [2.24, 2.45) is 0 Å². The van der Waals surface area contributed by atoms with Crippen LogP contribution in [0.1, 0.15) is 26.3 Å². The number of morpholine rings is 1. The molecule has 0 aromatic heterocycles. The lowest BCUT2D eigenvalue weighted by atomic mass is 9.99. The average Bonchev–Trinajstić information content (AvgIpc) is 2.37. The van der Waals surface area contributed by atoms with Gasteiger partial charge in [0.25, 0.3) is 0 Å². The highest BCUT2D eigenvalue weighted by Gasteiger charge is 2.31. The minimum Gasteiger partial charge on any atom is -0.377 e. The predicted octanol–water partition coefficient (Wildman–Crippen LogP) is 2.55. The summed E-state index contributed by atoms with van der Waals surface area (Å²) in [6, 6.07) is 5.05. The Hall–Kier alpha value is -1.13. The first-order valence-electron chi connectivity index (χ1n) is 6.89. The van der Waals surface area contributed by atoms with Crippen LogP contribution in [0.4, 0.5) is 10.1 Å². The fourth-order valence-corrected chi connectivity index (χ4v) is 2.52. The van der Waals surface area contributed by atoms with E-state index < -0.39 is 0 Å². The molecule has 0 amide bonds. The standard InChI is InChI=1S/C15H23FN2O/c1-4-17-10-12-9-13(16)5-6-14(12)18-7-8-19-11-15(18,2)3/h5-6,9,17H,4,7-8,10-11H2,1-3H3. The molecule has 0 bridgehead atoms. The molecule has 2 rings (SSSR count). The molecular formula is C15H23FN2O. The smallest absolute Gasteiger partial charge is 0.123 e. The third kappa shape index (κ3) is 3.25. The molecule has 0 radical (unpaired) electrons. The molecule has 1 saturated heterocycles. The Morgan fingerprint density at radius 1 is 1.42 bits per heavy atom. The molecule has 1 aliphatic rings. The van der Waals surface area contributed by atoms with Crippen LogP contribution < -0.4 is 10.2 Å². The maximum absolute atomic E-state index is 13.5. The van der Waals surface area contributed by atoms with E-state index in [0.717, 1.165) is 30.9 Å². The van der Waals surface area contributed by atoms with Gasteiger partial charge in [0.1, 0.15) is 5.82 Å². The van der Waals surface area contributed by atoms with Gasteiger partial charge in [0.05, 0.1) is 18.8 Å². The fraction of sp³-hybridized carbons (Fsp3) is 0.600. The Morgan fingerprint density at radius 3 is 2.89 bits per heavy atom. The van der Waals surface area contributed by atoms with Crippen molar-refractivity contribution in [2.75, 3.05) is 31.2 Å².